The molecule has 2 nitrogen and oxygen atoms in total. The molecule has 0 aliphatic rings. The number of halogens is 3. The maximum Gasteiger partial charge on any atom is 0.154 e. The largest absolute Gasteiger partial charge is 0.378 e. The second-order valence-electron chi connectivity index (χ2n) is 3.87. The maximum atomic E-state index is 6.09. The number of rotatable bonds is 3. The molecule has 94 valence electrons. The molecule has 0 saturated carbocycles. The van der Waals surface area contributed by atoms with Gasteiger partial charge in [0, 0.05) is 11.6 Å². The summed E-state index contributed by atoms with van der Waals surface area (Å²) < 4.78 is 0. The molecule has 1 aromatic heterocycles. The molecular formula is C13H11Cl3N2. The van der Waals surface area contributed by atoms with E-state index in [1.807, 2.05) is 31.2 Å². The Morgan fingerprint density at radius 3 is 2.56 bits per heavy atom. The quantitative estimate of drug-likeness (QED) is 0.810. The molecule has 0 fully saturated rings. The zero-order valence-electron chi connectivity index (χ0n) is 9.67. The predicted molar refractivity (Wildman–Crippen MR) is 77.8 cm³/mol. The van der Waals surface area contributed by atoms with Gasteiger partial charge in [-0.15, -0.1) is 0 Å². The number of hydrogen-bond acceptors (Lipinski definition) is 2. The summed E-state index contributed by atoms with van der Waals surface area (Å²) in [6, 6.07) is 9.42. The Morgan fingerprint density at radius 2 is 1.89 bits per heavy atom. The summed E-state index contributed by atoms with van der Waals surface area (Å²) >= 11 is 18.0. The topological polar surface area (TPSA) is 24.9 Å². The molecule has 0 bridgehead atoms. The Kier molecular flexibility index (Phi) is 4.33. The van der Waals surface area contributed by atoms with Crippen LogP contribution in [0.5, 0.6) is 0 Å². The molecular weight excluding hydrogens is 291 g/mol. The van der Waals surface area contributed by atoms with Gasteiger partial charge in [0.2, 0.25) is 0 Å². The molecule has 0 aliphatic carbocycles. The molecule has 0 saturated heterocycles. The number of hydrogen-bond donors (Lipinski definition) is 1. The van der Waals surface area contributed by atoms with Gasteiger partial charge in [0.15, 0.2) is 5.15 Å². The minimum Gasteiger partial charge on any atom is -0.378 e. The Labute approximate surface area is 121 Å². The van der Waals surface area contributed by atoms with Crippen molar-refractivity contribution in [3.05, 3.63) is 56.8 Å². The number of aryl methyl sites for hydroxylation is 1. The van der Waals surface area contributed by atoms with Crippen LogP contribution in [0.25, 0.3) is 0 Å². The number of anilines is 1. The highest BCUT2D eigenvalue weighted by Gasteiger charge is 2.08. The van der Waals surface area contributed by atoms with E-state index in [-0.39, 0.29) is 0 Å². The summed E-state index contributed by atoms with van der Waals surface area (Å²) in [5.41, 5.74) is 2.73. The van der Waals surface area contributed by atoms with Crippen LogP contribution in [0, 0.1) is 6.92 Å². The van der Waals surface area contributed by atoms with Crippen LogP contribution >= 0.6 is 34.8 Å². The van der Waals surface area contributed by atoms with Gasteiger partial charge in [-0.25, -0.2) is 4.98 Å². The van der Waals surface area contributed by atoms with Crippen LogP contribution in [0.1, 0.15) is 11.1 Å². The minimum atomic E-state index is 0.368. The Hall–Kier alpha value is -0.960. The number of pyridine rings is 1. The van der Waals surface area contributed by atoms with Gasteiger partial charge in [0.25, 0.3) is 0 Å². The van der Waals surface area contributed by atoms with Crippen molar-refractivity contribution < 1.29 is 0 Å². The maximum absolute atomic E-state index is 6.09. The van der Waals surface area contributed by atoms with Crippen LogP contribution in [-0.2, 0) is 6.54 Å². The van der Waals surface area contributed by atoms with E-state index < -0.39 is 0 Å². The SMILES string of the molecule is Cc1cc(Cl)nc(Cl)c1NCc1ccccc1Cl. The van der Waals surface area contributed by atoms with Gasteiger partial charge in [-0.1, -0.05) is 53.0 Å². The fraction of sp³-hybridized carbons (Fsp3) is 0.154. The molecule has 18 heavy (non-hydrogen) atoms. The van der Waals surface area contributed by atoms with E-state index in [4.69, 9.17) is 34.8 Å². The van der Waals surface area contributed by atoms with Crippen LogP contribution in [0.3, 0.4) is 0 Å². The van der Waals surface area contributed by atoms with Crippen molar-refractivity contribution in [1.82, 2.24) is 4.98 Å². The van der Waals surface area contributed by atoms with Crippen LogP contribution in [0.4, 0.5) is 5.69 Å². The van der Waals surface area contributed by atoms with Gasteiger partial charge < -0.3 is 5.32 Å². The highest BCUT2D eigenvalue weighted by Crippen LogP contribution is 2.27. The van der Waals surface area contributed by atoms with Crippen LogP contribution in [0.15, 0.2) is 30.3 Å². The van der Waals surface area contributed by atoms with E-state index in [1.54, 1.807) is 6.07 Å². The van der Waals surface area contributed by atoms with Crippen LogP contribution in [0.2, 0.25) is 15.3 Å². The summed E-state index contributed by atoms with van der Waals surface area (Å²) in [6.07, 6.45) is 0. The standard InChI is InChI=1S/C13H11Cl3N2/c1-8-6-11(15)18-13(16)12(8)17-7-9-4-2-3-5-10(9)14/h2-6,17H,7H2,1H3. The van der Waals surface area contributed by atoms with Gasteiger partial charge in [-0.2, -0.15) is 0 Å². The first-order chi connectivity index (χ1) is 8.58. The molecule has 0 unspecified atom stereocenters. The van der Waals surface area contributed by atoms with Gasteiger partial charge in [-0.3, -0.25) is 0 Å². The average molecular weight is 302 g/mol. The summed E-state index contributed by atoms with van der Waals surface area (Å²) in [7, 11) is 0. The van der Waals surface area contributed by atoms with E-state index in [0.29, 0.717) is 16.9 Å². The summed E-state index contributed by atoms with van der Waals surface area (Å²) in [6.45, 7) is 2.51. The van der Waals surface area contributed by atoms with E-state index in [1.165, 1.54) is 0 Å². The number of aromatic nitrogens is 1. The molecule has 0 aliphatic heterocycles. The first kappa shape index (κ1) is 13.5. The highest BCUT2D eigenvalue weighted by molar-refractivity contribution is 6.34. The van der Waals surface area contributed by atoms with Crippen LogP contribution in [-0.4, -0.2) is 4.98 Å². The average Bonchev–Trinajstić information content (AvgIpc) is 2.30. The molecule has 5 heteroatoms. The second-order valence-corrected chi connectivity index (χ2v) is 5.03. The monoisotopic (exact) mass is 300 g/mol. The molecule has 1 aromatic carbocycles. The number of nitrogens with zero attached hydrogens (tertiary/aromatic N) is 1. The lowest BCUT2D eigenvalue weighted by Gasteiger charge is -2.12. The molecule has 0 radical (unpaired) electrons. The molecule has 0 atom stereocenters. The molecule has 1 heterocycles. The summed E-state index contributed by atoms with van der Waals surface area (Å²) in [5, 5.41) is 4.71. The van der Waals surface area contributed by atoms with Gasteiger partial charge in [0.05, 0.1) is 5.69 Å². The smallest absolute Gasteiger partial charge is 0.154 e. The van der Waals surface area contributed by atoms with Crippen molar-refractivity contribution >= 4 is 40.5 Å². The fourth-order valence-corrected chi connectivity index (χ4v) is 2.43. The van der Waals surface area contributed by atoms with Gasteiger partial charge in [0.1, 0.15) is 5.15 Å². The molecule has 1 N–H and O–H groups in total. The van der Waals surface area contributed by atoms with Crippen molar-refractivity contribution in [1.29, 1.82) is 0 Å². The molecule has 2 rings (SSSR count). The van der Waals surface area contributed by atoms with Gasteiger partial charge in [-0.05, 0) is 30.2 Å². The molecule has 2 aromatic rings. The zero-order chi connectivity index (χ0) is 13.1. The molecule has 0 spiro atoms. The predicted octanol–water partition coefficient (Wildman–Crippen LogP) is 4.96. The van der Waals surface area contributed by atoms with E-state index in [9.17, 15) is 0 Å². The van der Waals surface area contributed by atoms with Crippen LogP contribution < -0.4 is 5.32 Å². The number of benzene rings is 1. The first-order valence-electron chi connectivity index (χ1n) is 5.38. The first-order valence-corrected chi connectivity index (χ1v) is 6.51. The summed E-state index contributed by atoms with van der Waals surface area (Å²) in [5.74, 6) is 0. The van der Waals surface area contributed by atoms with Gasteiger partial charge >= 0.3 is 0 Å². The zero-order valence-corrected chi connectivity index (χ0v) is 11.9. The Bertz CT molecular complexity index is 547. The highest BCUT2D eigenvalue weighted by atomic mass is 35.5. The second kappa shape index (κ2) is 5.79. The van der Waals surface area contributed by atoms with Crippen molar-refractivity contribution in [2.24, 2.45) is 0 Å². The Morgan fingerprint density at radius 1 is 1.17 bits per heavy atom. The molecule has 0 amide bonds. The third-order valence-electron chi connectivity index (χ3n) is 2.55. The van der Waals surface area contributed by atoms with E-state index in [0.717, 1.165) is 21.8 Å². The lowest BCUT2D eigenvalue weighted by Crippen LogP contribution is -2.03. The van der Waals surface area contributed by atoms with E-state index >= 15 is 0 Å². The summed E-state index contributed by atoms with van der Waals surface area (Å²) in [4.78, 5) is 4.00. The normalized spacial score (nSPS) is 10.4. The lowest BCUT2D eigenvalue weighted by atomic mass is 10.2. The third-order valence-corrected chi connectivity index (χ3v) is 3.39. The number of nitrogens with one attached hydrogen (secondary N) is 1. The van der Waals surface area contributed by atoms with Crippen molar-refractivity contribution in [2.75, 3.05) is 5.32 Å². The Balaban J connectivity index is 2.19. The third kappa shape index (κ3) is 3.08. The van der Waals surface area contributed by atoms with Crippen molar-refractivity contribution in [3.63, 3.8) is 0 Å². The minimum absolute atomic E-state index is 0.368. The van der Waals surface area contributed by atoms with Crippen molar-refractivity contribution in [3.8, 4) is 0 Å². The lowest BCUT2D eigenvalue weighted by molar-refractivity contribution is 1.12. The fourth-order valence-electron chi connectivity index (χ4n) is 1.63. The van der Waals surface area contributed by atoms with E-state index in [2.05, 4.69) is 10.3 Å². The van der Waals surface area contributed by atoms with Crippen molar-refractivity contribution in [2.45, 2.75) is 13.5 Å².